The number of carbonyl (C=O) groups is 2. The van der Waals surface area contributed by atoms with Gasteiger partial charge in [0.05, 0.1) is 12.8 Å². The number of amidine groups is 1. The fourth-order valence-corrected chi connectivity index (χ4v) is 5.53. The van der Waals surface area contributed by atoms with Crippen LogP contribution in [0.1, 0.15) is 13.8 Å². The Morgan fingerprint density at radius 3 is 2.41 bits per heavy atom. The van der Waals surface area contributed by atoms with Crippen molar-refractivity contribution in [1.29, 1.82) is 5.41 Å². The molecule has 0 spiro atoms. The molecule has 2 aliphatic rings. The quantitative estimate of drug-likeness (QED) is 0.117. The molecular weight excluding hydrogens is 461 g/mol. The van der Waals surface area contributed by atoms with Gasteiger partial charge in [-0.25, -0.2) is 17.0 Å². The Balaban J connectivity index is 0.00000420. The maximum atomic E-state index is 12.6. The van der Waals surface area contributed by atoms with Crippen molar-refractivity contribution in [1.82, 2.24) is 13.9 Å². The molecule has 0 aromatic heterocycles. The molecule has 0 radical (unpaired) electrons. The first-order valence-corrected chi connectivity index (χ1v) is 12.0. The summed E-state index contributed by atoms with van der Waals surface area (Å²) in [7, 11) is -8.61. The number of hydrogen-bond acceptors (Lipinski definition) is 10. The first-order chi connectivity index (χ1) is 12.7. The van der Waals surface area contributed by atoms with E-state index >= 15 is 0 Å². The fraction of sp³-hybridized carbons (Fsp3) is 0.667. The molecule has 17 heteroatoms. The van der Waals surface area contributed by atoms with Gasteiger partial charge in [-0.05, 0) is 13.8 Å². The second-order valence-corrected chi connectivity index (χ2v) is 10.4. The van der Waals surface area contributed by atoms with Gasteiger partial charge in [-0.15, -0.1) is 0 Å². The van der Waals surface area contributed by atoms with Crippen LogP contribution in [0.3, 0.4) is 0 Å². The van der Waals surface area contributed by atoms with Crippen molar-refractivity contribution in [3.8, 4) is 0 Å². The number of sulfonamides is 1. The van der Waals surface area contributed by atoms with E-state index in [0.29, 0.717) is 4.31 Å². The molecule has 29 heavy (non-hydrogen) atoms. The van der Waals surface area contributed by atoms with Crippen LogP contribution in [-0.2, 0) is 34.8 Å². The average molecular weight is 482 g/mol. The van der Waals surface area contributed by atoms with E-state index in [1.807, 2.05) is 0 Å². The molecule has 0 aromatic carbocycles. The van der Waals surface area contributed by atoms with Crippen LogP contribution in [0.5, 0.6) is 0 Å². The van der Waals surface area contributed by atoms with Crippen molar-refractivity contribution in [3.63, 3.8) is 0 Å². The van der Waals surface area contributed by atoms with E-state index in [4.69, 9.17) is 14.8 Å². The van der Waals surface area contributed by atoms with E-state index in [9.17, 15) is 26.4 Å². The molecule has 2 atom stereocenters. The molecule has 2 unspecified atom stereocenters. The van der Waals surface area contributed by atoms with E-state index in [1.54, 1.807) is 13.8 Å². The van der Waals surface area contributed by atoms with Gasteiger partial charge >= 0.3 is 39.9 Å². The average Bonchev–Trinajstić information content (AvgIpc) is 2.91. The fourth-order valence-electron chi connectivity index (χ4n) is 2.36. The second-order valence-electron chi connectivity index (χ2n) is 6.19. The summed E-state index contributed by atoms with van der Waals surface area (Å²) in [5.74, 6) is -1.98. The van der Waals surface area contributed by atoms with Gasteiger partial charge in [-0.3, -0.25) is 19.6 Å². The normalized spacial score (nSPS) is 23.0. The van der Waals surface area contributed by atoms with Crippen molar-refractivity contribution in [3.05, 3.63) is 0 Å². The van der Waals surface area contributed by atoms with Gasteiger partial charge in [-0.2, -0.15) is 8.42 Å². The Bertz CT molecular complexity index is 935. The number of β-lactam (4-membered cyclic amide) rings is 1. The number of hydrogen-bond donors (Lipinski definition) is 3. The molecule has 0 aromatic rings. The van der Waals surface area contributed by atoms with Gasteiger partial charge in [0.25, 0.3) is 11.8 Å². The molecule has 0 aliphatic carbocycles. The summed E-state index contributed by atoms with van der Waals surface area (Å²) < 4.78 is 55.7. The number of carbonyl (C=O) groups excluding carboxylic acids is 2. The minimum absolute atomic E-state index is 0. The van der Waals surface area contributed by atoms with Crippen molar-refractivity contribution >= 4 is 84.3 Å². The number of rotatable bonds is 7. The van der Waals surface area contributed by atoms with E-state index in [-0.39, 0.29) is 50.5 Å². The molecule has 2 heterocycles. The Kier molecular flexibility index (Phi) is 8.55. The predicted molar refractivity (Wildman–Crippen MR) is 107 cm³/mol. The first-order valence-electron chi connectivity index (χ1n) is 7.77. The Morgan fingerprint density at radius 2 is 1.97 bits per heavy atom. The first kappa shape index (κ1) is 26.1. The number of amides is 2. The molecule has 13 nitrogen and oxygen atoms in total. The molecule has 2 aliphatic heterocycles. The SMILES string of the molecule is CC(C)ON=C(C(=O)NC1CN(S(=O)(=O)O)C1=O)C1CSC(=N)N1S(C)(=O)=O.[NaH]. The standard InChI is InChI=1S/C12H19N5O8S3.Na.H/c1-6(2)25-15-9(8-5-26-12(13)17(8)27(3,20)21)10(18)14-7-4-16(11(7)19)28(22,23)24;;/h6-8,13H,4-5H2,1-3H3,(H,14,18)(H,22,23,24);;. The van der Waals surface area contributed by atoms with Crippen molar-refractivity contribution < 1.29 is 35.8 Å². The van der Waals surface area contributed by atoms with E-state index in [2.05, 4.69) is 10.5 Å². The molecule has 2 rings (SSSR count). The summed E-state index contributed by atoms with van der Waals surface area (Å²) in [6, 6.07) is -2.38. The Morgan fingerprint density at radius 1 is 1.38 bits per heavy atom. The van der Waals surface area contributed by atoms with Gasteiger partial charge < -0.3 is 10.2 Å². The minimum atomic E-state index is -4.72. The van der Waals surface area contributed by atoms with E-state index < -0.39 is 56.9 Å². The number of nitrogens with one attached hydrogen (secondary N) is 2. The molecule has 160 valence electrons. The number of oxime groups is 1. The van der Waals surface area contributed by atoms with Gasteiger partial charge in [0.2, 0.25) is 10.0 Å². The van der Waals surface area contributed by atoms with Crippen LogP contribution in [0.2, 0.25) is 0 Å². The number of nitrogens with zero attached hydrogens (tertiary/aromatic N) is 3. The zero-order valence-electron chi connectivity index (χ0n) is 15.0. The number of thioether (sulfide) groups is 1. The summed E-state index contributed by atoms with van der Waals surface area (Å²) >= 11 is 0.889. The summed E-state index contributed by atoms with van der Waals surface area (Å²) in [6.45, 7) is 2.77. The van der Waals surface area contributed by atoms with Crippen LogP contribution >= 0.6 is 11.8 Å². The maximum absolute atomic E-state index is 12.6. The molecule has 0 bridgehead atoms. The van der Waals surface area contributed by atoms with Gasteiger partial charge in [0.15, 0.2) is 10.9 Å². The molecule has 2 amide bonds. The van der Waals surface area contributed by atoms with Crippen LogP contribution in [-0.4, -0.2) is 119 Å². The van der Waals surface area contributed by atoms with Crippen molar-refractivity contribution in [2.24, 2.45) is 5.16 Å². The summed E-state index contributed by atoms with van der Waals surface area (Å²) in [5, 5.41) is 13.4. The predicted octanol–water partition coefficient (Wildman–Crippen LogP) is -2.44. The third kappa shape index (κ3) is 6.05. The van der Waals surface area contributed by atoms with Gasteiger partial charge in [-0.1, -0.05) is 16.9 Å². The van der Waals surface area contributed by atoms with Gasteiger partial charge in [0.1, 0.15) is 18.2 Å². The Hall–Kier alpha value is -0.910. The van der Waals surface area contributed by atoms with Gasteiger partial charge in [0, 0.05) is 5.75 Å². The Labute approximate surface area is 194 Å². The third-order valence-corrected chi connectivity index (χ3v) is 6.71. The molecule has 2 saturated heterocycles. The van der Waals surface area contributed by atoms with E-state index in [0.717, 1.165) is 18.0 Å². The second kappa shape index (κ2) is 9.49. The topological polar surface area (TPSA) is 187 Å². The zero-order chi connectivity index (χ0) is 21.4. The van der Waals surface area contributed by atoms with Crippen LogP contribution in [0.25, 0.3) is 0 Å². The molecule has 3 N–H and O–H groups in total. The summed E-state index contributed by atoms with van der Waals surface area (Å²) in [4.78, 5) is 29.5. The molecule has 0 saturated carbocycles. The summed E-state index contributed by atoms with van der Waals surface area (Å²) in [6.07, 6.45) is 0.432. The molecular formula is C12H20N5NaO8S3. The van der Waals surface area contributed by atoms with Crippen LogP contribution in [0, 0.1) is 5.41 Å². The van der Waals surface area contributed by atoms with Crippen molar-refractivity contribution in [2.45, 2.75) is 32.0 Å². The van der Waals surface area contributed by atoms with E-state index in [1.165, 1.54) is 0 Å². The van der Waals surface area contributed by atoms with Crippen LogP contribution in [0.4, 0.5) is 0 Å². The monoisotopic (exact) mass is 481 g/mol. The van der Waals surface area contributed by atoms with Crippen molar-refractivity contribution in [2.75, 3.05) is 18.6 Å². The van der Waals surface area contributed by atoms with Crippen LogP contribution < -0.4 is 5.32 Å². The third-order valence-electron chi connectivity index (χ3n) is 3.60. The van der Waals surface area contributed by atoms with Crippen LogP contribution in [0.15, 0.2) is 5.16 Å². The zero-order valence-corrected chi connectivity index (χ0v) is 17.5. The molecule has 2 fully saturated rings. The summed E-state index contributed by atoms with van der Waals surface area (Å²) in [5.41, 5.74) is -0.382.